The number of cyclic esters (lactones) is 1. The number of fused-ring (bicyclic) bond motifs is 5. The number of aliphatic hydroxyl groups is 1. The fourth-order valence-corrected chi connectivity index (χ4v) is 5.72. The molecule has 3 aliphatic rings. The summed E-state index contributed by atoms with van der Waals surface area (Å²) >= 11 is 0. The molecular weight excluding hydrogens is 462 g/mol. The van der Waals surface area contributed by atoms with Gasteiger partial charge in [-0.1, -0.05) is 6.92 Å². The Labute approximate surface area is 208 Å². The fourth-order valence-electron chi connectivity index (χ4n) is 5.72. The van der Waals surface area contributed by atoms with Crippen LogP contribution >= 0.6 is 0 Å². The monoisotopic (exact) mass is 491 g/mol. The van der Waals surface area contributed by atoms with Crippen molar-refractivity contribution in [3.8, 4) is 17.1 Å². The molecule has 5 heterocycles. The molecule has 1 atom stereocenters. The number of nitrogens with zero attached hydrogens (tertiary/aromatic N) is 3. The van der Waals surface area contributed by atoms with Crippen LogP contribution in [0.5, 0.6) is 5.75 Å². The minimum atomic E-state index is -1.89. The minimum Gasteiger partial charge on any atom is -0.497 e. The first kappa shape index (κ1) is 23.1. The molecule has 0 spiro atoms. The predicted molar refractivity (Wildman–Crippen MR) is 132 cm³/mol. The Bertz CT molecular complexity index is 1440. The van der Waals surface area contributed by atoms with E-state index < -0.39 is 11.6 Å². The van der Waals surface area contributed by atoms with Gasteiger partial charge in [0.25, 0.3) is 5.56 Å². The Morgan fingerprint density at radius 3 is 2.72 bits per heavy atom. The highest BCUT2D eigenvalue weighted by atomic mass is 16.6. The number of hydrogen-bond donors (Lipinski definition) is 1. The van der Waals surface area contributed by atoms with Crippen LogP contribution in [-0.4, -0.2) is 65.5 Å². The van der Waals surface area contributed by atoms with Crippen molar-refractivity contribution in [1.82, 2.24) is 14.5 Å². The van der Waals surface area contributed by atoms with Crippen molar-refractivity contribution in [2.24, 2.45) is 0 Å². The second kappa shape index (κ2) is 8.69. The Morgan fingerprint density at radius 1 is 1.17 bits per heavy atom. The normalized spacial score (nSPS) is 21.1. The number of methoxy groups -OCH3 is 1. The number of esters is 1. The van der Waals surface area contributed by atoms with E-state index in [9.17, 15) is 14.7 Å². The zero-order valence-electron chi connectivity index (χ0n) is 20.5. The van der Waals surface area contributed by atoms with Gasteiger partial charge in [-0.2, -0.15) is 0 Å². The number of carbonyl (C=O) groups is 1. The number of aromatic nitrogens is 2. The molecule has 3 aliphatic heterocycles. The number of carbonyl (C=O) groups excluding carboxylic acids is 1. The van der Waals surface area contributed by atoms with Crippen LogP contribution in [0, 0.1) is 0 Å². The van der Waals surface area contributed by atoms with Crippen LogP contribution in [-0.2, 0) is 39.4 Å². The number of benzene rings is 1. The van der Waals surface area contributed by atoms with Gasteiger partial charge in [0.1, 0.15) is 12.4 Å². The van der Waals surface area contributed by atoms with Crippen LogP contribution in [0.4, 0.5) is 0 Å². The van der Waals surface area contributed by atoms with Gasteiger partial charge in [-0.05, 0) is 36.2 Å². The molecule has 0 amide bonds. The Balaban J connectivity index is 1.48. The highest BCUT2D eigenvalue weighted by Gasteiger charge is 2.46. The van der Waals surface area contributed by atoms with E-state index in [0.717, 1.165) is 53.0 Å². The van der Waals surface area contributed by atoms with Crippen molar-refractivity contribution in [2.45, 2.75) is 38.5 Å². The van der Waals surface area contributed by atoms with E-state index in [1.807, 2.05) is 18.2 Å². The molecule has 1 saturated heterocycles. The van der Waals surface area contributed by atoms with E-state index in [-0.39, 0.29) is 18.6 Å². The number of aryl methyl sites for hydroxylation is 1. The van der Waals surface area contributed by atoms with E-state index in [2.05, 4.69) is 11.8 Å². The summed E-state index contributed by atoms with van der Waals surface area (Å²) in [7, 11) is 1.64. The molecule has 1 N–H and O–H groups in total. The molecule has 188 valence electrons. The molecule has 0 radical (unpaired) electrons. The first-order valence-corrected chi connectivity index (χ1v) is 12.4. The number of morpholine rings is 1. The standard InChI is InChI=1S/C27H29N3O6/c1-3-17-18-12-16(34-2)4-5-22(18)28-24-19(17)14-30-23(24)13-21-20(25(30)31)15-36-26(32)27(21,33)6-7-29-8-10-35-11-9-29/h4-5,12-13,33H,3,6-11,14-15H2,1-2H3/t27-/m0/s1. The molecular formula is C27H29N3O6. The van der Waals surface area contributed by atoms with Gasteiger partial charge in [-0.15, -0.1) is 0 Å². The lowest BCUT2D eigenvalue weighted by atomic mass is 9.85. The molecule has 1 fully saturated rings. The number of rotatable bonds is 5. The number of hydrogen-bond acceptors (Lipinski definition) is 8. The maximum absolute atomic E-state index is 13.7. The van der Waals surface area contributed by atoms with E-state index in [1.54, 1.807) is 17.7 Å². The summed E-state index contributed by atoms with van der Waals surface area (Å²) in [6.07, 6.45) is 0.905. The summed E-state index contributed by atoms with van der Waals surface area (Å²) in [5.41, 5.74) is 2.80. The van der Waals surface area contributed by atoms with E-state index in [1.165, 1.54) is 0 Å². The molecule has 1 aromatic carbocycles. The van der Waals surface area contributed by atoms with Gasteiger partial charge in [0.2, 0.25) is 0 Å². The summed E-state index contributed by atoms with van der Waals surface area (Å²) in [5, 5.41) is 12.6. The topological polar surface area (TPSA) is 103 Å². The van der Waals surface area contributed by atoms with Crippen LogP contribution in [0.25, 0.3) is 22.3 Å². The molecule has 0 aliphatic carbocycles. The van der Waals surface area contributed by atoms with Crippen molar-refractivity contribution in [2.75, 3.05) is 40.0 Å². The van der Waals surface area contributed by atoms with Crippen LogP contribution in [0.2, 0.25) is 0 Å². The largest absolute Gasteiger partial charge is 0.497 e. The molecule has 2 aromatic heterocycles. The number of pyridine rings is 2. The zero-order chi connectivity index (χ0) is 25.0. The van der Waals surface area contributed by atoms with Crippen molar-refractivity contribution < 1.29 is 24.1 Å². The maximum atomic E-state index is 13.7. The zero-order valence-corrected chi connectivity index (χ0v) is 20.5. The Morgan fingerprint density at radius 2 is 1.97 bits per heavy atom. The van der Waals surface area contributed by atoms with Crippen molar-refractivity contribution in [1.29, 1.82) is 0 Å². The average molecular weight is 492 g/mol. The van der Waals surface area contributed by atoms with Gasteiger partial charge in [0.15, 0.2) is 5.60 Å². The fraction of sp³-hybridized carbons (Fsp3) is 0.444. The third-order valence-corrected chi connectivity index (χ3v) is 7.75. The summed E-state index contributed by atoms with van der Waals surface area (Å²) in [5.74, 6) is 0.0433. The van der Waals surface area contributed by atoms with Crippen LogP contribution < -0.4 is 10.3 Å². The molecule has 3 aromatic rings. The Hall–Kier alpha value is -3.27. The molecule has 9 heteroatoms. The summed E-state index contributed by atoms with van der Waals surface area (Å²) < 4.78 is 17.8. The van der Waals surface area contributed by atoms with Gasteiger partial charge >= 0.3 is 5.97 Å². The molecule has 0 saturated carbocycles. The molecule has 6 rings (SSSR count). The van der Waals surface area contributed by atoms with Crippen molar-refractivity contribution >= 4 is 16.9 Å². The predicted octanol–water partition coefficient (Wildman–Crippen LogP) is 1.96. The highest BCUT2D eigenvalue weighted by Crippen LogP contribution is 2.41. The van der Waals surface area contributed by atoms with Gasteiger partial charge in [-0.25, -0.2) is 9.78 Å². The first-order chi connectivity index (χ1) is 17.4. The lowest BCUT2D eigenvalue weighted by Crippen LogP contribution is -2.47. The average Bonchev–Trinajstić information content (AvgIpc) is 3.27. The van der Waals surface area contributed by atoms with Crippen molar-refractivity contribution in [3.05, 3.63) is 56.9 Å². The second-order valence-corrected chi connectivity index (χ2v) is 9.61. The molecule has 0 bridgehead atoms. The molecule has 0 unspecified atom stereocenters. The molecule has 36 heavy (non-hydrogen) atoms. The summed E-state index contributed by atoms with van der Waals surface area (Å²) in [4.78, 5) is 33.6. The molecule has 9 nitrogen and oxygen atoms in total. The maximum Gasteiger partial charge on any atom is 0.343 e. The summed E-state index contributed by atoms with van der Waals surface area (Å²) in [6.45, 7) is 5.54. The van der Waals surface area contributed by atoms with Crippen LogP contribution in [0.15, 0.2) is 29.1 Å². The summed E-state index contributed by atoms with van der Waals surface area (Å²) in [6, 6.07) is 7.55. The SMILES string of the molecule is CCc1c2c(nc3ccc(OC)cc13)-c1cc3c(c(=O)n1C2)COC(=O)[C@]3(O)CCN1CCOCC1. The van der Waals surface area contributed by atoms with Crippen LogP contribution in [0.3, 0.4) is 0 Å². The second-order valence-electron chi connectivity index (χ2n) is 9.61. The highest BCUT2D eigenvalue weighted by molar-refractivity contribution is 5.90. The smallest absolute Gasteiger partial charge is 0.343 e. The van der Waals surface area contributed by atoms with Crippen molar-refractivity contribution in [3.63, 3.8) is 0 Å². The van der Waals surface area contributed by atoms with E-state index >= 15 is 0 Å². The van der Waals surface area contributed by atoms with Gasteiger partial charge in [0.05, 0.1) is 49.3 Å². The first-order valence-electron chi connectivity index (χ1n) is 12.4. The van der Waals surface area contributed by atoms with E-state index in [4.69, 9.17) is 19.2 Å². The van der Waals surface area contributed by atoms with Gasteiger partial charge in [0, 0.05) is 42.6 Å². The van der Waals surface area contributed by atoms with E-state index in [0.29, 0.717) is 43.1 Å². The van der Waals surface area contributed by atoms with Gasteiger partial charge in [-0.3, -0.25) is 9.69 Å². The third-order valence-electron chi connectivity index (χ3n) is 7.75. The van der Waals surface area contributed by atoms with Crippen LogP contribution in [0.1, 0.15) is 35.6 Å². The Kier molecular flexibility index (Phi) is 5.59. The lowest BCUT2D eigenvalue weighted by Gasteiger charge is -2.35. The third kappa shape index (κ3) is 3.45. The lowest BCUT2D eigenvalue weighted by molar-refractivity contribution is -0.173. The van der Waals surface area contributed by atoms with Gasteiger partial charge < -0.3 is 23.9 Å². The quantitative estimate of drug-likeness (QED) is 0.423. The minimum absolute atomic E-state index is 0.139. The number of ether oxygens (including phenoxy) is 3.